The summed E-state index contributed by atoms with van der Waals surface area (Å²) in [5, 5.41) is 10.6. The number of unbranched alkanes of at least 4 members (excludes halogenated alkanes) is 26. The summed E-state index contributed by atoms with van der Waals surface area (Å²) in [5.74, 6) is -1.01. The second kappa shape index (κ2) is 36.3. The van der Waals surface area contributed by atoms with Crippen molar-refractivity contribution in [2.24, 2.45) is 0 Å². The number of fused-ring (bicyclic) bond motifs is 1. The molecule has 2 aromatic rings. The Labute approximate surface area is 379 Å². The van der Waals surface area contributed by atoms with Crippen molar-refractivity contribution in [2.45, 2.75) is 237 Å². The van der Waals surface area contributed by atoms with Crippen LogP contribution < -0.4 is 5.73 Å². The van der Waals surface area contributed by atoms with Crippen LogP contribution in [0.25, 0.3) is 11.2 Å². The topological polar surface area (TPSA) is 179 Å². The summed E-state index contributed by atoms with van der Waals surface area (Å²) >= 11 is 0. The molecule has 0 amide bonds. The van der Waals surface area contributed by atoms with Crippen LogP contribution in [0.1, 0.15) is 219 Å². The Morgan fingerprint density at radius 2 is 1.21 bits per heavy atom. The van der Waals surface area contributed by atoms with Crippen molar-refractivity contribution in [3.63, 3.8) is 0 Å². The van der Waals surface area contributed by atoms with Gasteiger partial charge in [0, 0.05) is 19.6 Å². The van der Waals surface area contributed by atoms with Crippen LogP contribution in [0, 0.1) is 0 Å². The standard InChI is InChI=1S/C49H87N5O9/c1-3-5-7-9-11-13-15-17-19-21-23-25-27-29-33-58-36-42(59-34-30-28-26-24-22-20-18-16-14-12-10-8-6-4-2)37-60-44(56)31-32-45(57)63-61-38-41-35-43(55)49(62-41)54-40-53-46-47(50)51-39-52-48(46)54/h39-43,49,55H,3-38H2,1-2H3,(H2,50,51,52)/t41-,42?,43+,49+/m0/s1. The van der Waals surface area contributed by atoms with E-state index in [9.17, 15) is 14.7 Å². The largest absolute Gasteiger partial charge is 0.463 e. The lowest BCUT2D eigenvalue weighted by atomic mass is 10.0. The van der Waals surface area contributed by atoms with E-state index in [0.717, 1.165) is 25.7 Å². The maximum Gasteiger partial charge on any atom is 0.342 e. The predicted octanol–water partition coefficient (Wildman–Crippen LogP) is 11.2. The summed E-state index contributed by atoms with van der Waals surface area (Å²) in [5.41, 5.74) is 6.72. The Balaban J connectivity index is 1.25. The molecule has 3 N–H and O–H groups in total. The Morgan fingerprint density at radius 3 is 1.76 bits per heavy atom. The van der Waals surface area contributed by atoms with E-state index in [-0.39, 0.29) is 44.4 Å². The lowest BCUT2D eigenvalue weighted by Gasteiger charge is -2.18. The molecule has 2 aromatic heterocycles. The van der Waals surface area contributed by atoms with Gasteiger partial charge in [-0.05, 0) is 12.8 Å². The van der Waals surface area contributed by atoms with Gasteiger partial charge in [-0.15, -0.1) is 0 Å². The number of nitrogens with zero attached hydrogens (tertiary/aromatic N) is 4. The molecule has 0 spiro atoms. The van der Waals surface area contributed by atoms with Gasteiger partial charge in [0.25, 0.3) is 0 Å². The molecule has 362 valence electrons. The predicted molar refractivity (Wildman–Crippen MR) is 248 cm³/mol. The third-order valence-corrected chi connectivity index (χ3v) is 12.0. The van der Waals surface area contributed by atoms with E-state index < -0.39 is 30.4 Å². The fourth-order valence-corrected chi connectivity index (χ4v) is 8.13. The normalized spacial score (nSPS) is 16.8. The molecule has 14 heteroatoms. The number of hydrogen-bond donors (Lipinski definition) is 2. The van der Waals surface area contributed by atoms with Crippen molar-refractivity contribution in [1.82, 2.24) is 19.5 Å². The van der Waals surface area contributed by atoms with Crippen LogP contribution in [-0.2, 0) is 38.3 Å². The minimum absolute atomic E-state index is 0.0645. The number of nitrogen functional groups attached to an aromatic ring is 1. The van der Waals surface area contributed by atoms with Crippen LogP contribution in [0.3, 0.4) is 0 Å². The van der Waals surface area contributed by atoms with Crippen molar-refractivity contribution < 1.29 is 43.4 Å². The maximum absolute atomic E-state index is 12.6. The molecule has 0 radical (unpaired) electrons. The molecule has 3 rings (SSSR count). The van der Waals surface area contributed by atoms with Gasteiger partial charge < -0.3 is 29.8 Å². The summed E-state index contributed by atoms with van der Waals surface area (Å²) < 4.78 is 25.2. The van der Waals surface area contributed by atoms with E-state index in [4.69, 9.17) is 34.5 Å². The van der Waals surface area contributed by atoms with Gasteiger partial charge in [0.05, 0.1) is 31.9 Å². The Morgan fingerprint density at radius 1 is 0.698 bits per heavy atom. The van der Waals surface area contributed by atoms with E-state index in [1.54, 1.807) is 4.57 Å². The number of hydrogen-bond acceptors (Lipinski definition) is 13. The first-order chi connectivity index (χ1) is 30.9. The Bertz CT molecular complexity index is 1430. The Kier molecular flexibility index (Phi) is 31.4. The third-order valence-electron chi connectivity index (χ3n) is 12.0. The summed E-state index contributed by atoms with van der Waals surface area (Å²) in [4.78, 5) is 47.4. The fraction of sp³-hybridized carbons (Fsp3) is 0.857. The molecule has 1 saturated heterocycles. The van der Waals surface area contributed by atoms with Crippen LogP contribution >= 0.6 is 0 Å². The van der Waals surface area contributed by atoms with Crippen molar-refractivity contribution in [2.75, 3.05) is 38.8 Å². The first-order valence-electron chi connectivity index (χ1n) is 25.4. The number of carbonyl (C=O) groups is 2. The van der Waals surface area contributed by atoms with Gasteiger partial charge in [-0.25, -0.2) is 19.7 Å². The van der Waals surface area contributed by atoms with Crippen molar-refractivity contribution >= 4 is 28.9 Å². The number of nitrogens with two attached hydrogens (primary N) is 1. The second-order valence-corrected chi connectivity index (χ2v) is 17.7. The molecule has 1 aliphatic heterocycles. The lowest BCUT2D eigenvalue weighted by molar-refractivity contribution is -0.283. The molecule has 3 heterocycles. The van der Waals surface area contributed by atoms with Gasteiger partial charge >= 0.3 is 11.9 Å². The monoisotopic (exact) mass is 890 g/mol. The van der Waals surface area contributed by atoms with Gasteiger partial charge in [0.15, 0.2) is 17.7 Å². The maximum atomic E-state index is 12.6. The molecule has 1 unspecified atom stereocenters. The van der Waals surface area contributed by atoms with E-state index >= 15 is 0 Å². The summed E-state index contributed by atoms with van der Waals surface area (Å²) in [6, 6.07) is 0. The van der Waals surface area contributed by atoms with Crippen molar-refractivity contribution in [3.05, 3.63) is 12.7 Å². The average Bonchev–Trinajstić information content (AvgIpc) is 3.88. The number of aromatic nitrogens is 4. The van der Waals surface area contributed by atoms with Crippen LogP contribution in [-0.4, -0.2) is 87.9 Å². The number of imidazole rings is 1. The molecular weight excluding hydrogens is 803 g/mol. The number of aliphatic hydroxyl groups excluding tert-OH is 1. The quantitative estimate of drug-likeness (QED) is 0.0278. The van der Waals surface area contributed by atoms with E-state index in [1.807, 2.05) is 0 Å². The number of ether oxygens (including phenoxy) is 4. The molecule has 1 aliphatic rings. The van der Waals surface area contributed by atoms with E-state index in [0.29, 0.717) is 31.0 Å². The zero-order valence-corrected chi connectivity index (χ0v) is 39.5. The van der Waals surface area contributed by atoms with Gasteiger partial charge in [0.2, 0.25) is 0 Å². The highest BCUT2D eigenvalue weighted by Gasteiger charge is 2.37. The highest BCUT2D eigenvalue weighted by molar-refractivity contribution is 5.81. The van der Waals surface area contributed by atoms with Crippen LogP contribution in [0.5, 0.6) is 0 Å². The molecule has 0 bridgehead atoms. The number of aliphatic hydroxyl groups is 1. The highest BCUT2D eigenvalue weighted by atomic mass is 17.2. The fourth-order valence-electron chi connectivity index (χ4n) is 8.13. The molecule has 14 nitrogen and oxygen atoms in total. The molecule has 1 fully saturated rings. The SMILES string of the molecule is CCCCCCCCCCCCCCCCOCC(COC(=O)CCC(=O)OOC[C@@H]1C[C@@H](O)[C@H](n2cnc3c(N)ncnc32)O1)OCCCCCCCCCCCCCCCC. The summed E-state index contributed by atoms with van der Waals surface area (Å²) in [7, 11) is 0. The van der Waals surface area contributed by atoms with Crippen molar-refractivity contribution in [1.29, 1.82) is 0 Å². The Hall–Kier alpha value is -2.91. The zero-order chi connectivity index (χ0) is 45.0. The van der Waals surface area contributed by atoms with Crippen LogP contribution in [0.15, 0.2) is 12.7 Å². The average molecular weight is 890 g/mol. The smallest absolute Gasteiger partial charge is 0.342 e. The molecular formula is C49H87N5O9. The first kappa shape index (κ1) is 54.4. The van der Waals surface area contributed by atoms with Gasteiger partial charge in [0.1, 0.15) is 37.3 Å². The van der Waals surface area contributed by atoms with E-state index in [2.05, 4.69) is 28.8 Å². The molecule has 0 aromatic carbocycles. The number of esters is 1. The number of rotatable bonds is 42. The van der Waals surface area contributed by atoms with Crippen LogP contribution in [0.2, 0.25) is 0 Å². The van der Waals surface area contributed by atoms with Gasteiger partial charge in [-0.3, -0.25) is 14.2 Å². The van der Waals surface area contributed by atoms with E-state index in [1.165, 1.54) is 167 Å². The minimum atomic E-state index is -0.876. The molecule has 63 heavy (non-hydrogen) atoms. The van der Waals surface area contributed by atoms with Crippen molar-refractivity contribution in [3.8, 4) is 0 Å². The molecule has 4 atom stereocenters. The number of anilines is 1. The summed E-state index contributed by atoms with van der Waals surface area (Å²) in [6.07, 6.45) is 36.6. The minimum Gasteiger partial charge on any atom is -0.463 e. The first-order valence-corrected chi connectivity index (χ1v) is 25.4. The van der Waals surface area contributed by atoms with Gasteiger partial charge in [-0.2, -0.15) is 4.89 Å². The second-order valence-electron chi connectivity index (χ2n) is 17.7. The summed E-state index contributed by atoms with van der Waals surface area (Å²) in [6.45, 7) is 6.11. The number of carbonyl (C=O) groups excluding carboxylic acids is 2. The van der Waals surface area contributed by atoms with Gasteiger partial charge in [-0.1, -0.05) is 181 Å². The highest BCUT2D eigenvalue weighted by Crippen LogP contribution is 2.31. The lowest BCUT2D eigenvalue weighted by Crippen LogP contribution is -2.28. The molecule has 0 saturated carbocycles. The van der Waals surface area contributed by atoms with Crippen LogP contribution in [0.4, 0.5) is 5.82 Å². The third kappa shape index (κ3) is 25.4. The molecule has 0 aliphatic carbocycles. The zero-order valence-electron chi connectivity index (χ0n) is 39.5.